The van der Waals surface area contributed by atoms with Crippen LogP contribution in [0.4, 0.5) is 11.4 Å². The summed E-state index contributed by atoms with van der Waals surface area (Å²) in [6, 6.07) is 3.33. The van der Waals surface area contributed by atoms with E-state index in [1.165, 1.54) is 19.1 Å². The number of nitrogens with two attached hydrogens (primary N) is 1. The van der Waals surface area contributed by atoms with Gasteiger partial charge in [0.1, 0.15) is 5.69 Å². The van der Waals surface area contributed by atoms with Crippen LogP contribution in [-0.4, -0.2) is 39.8 Å². The standard InChI is InChI=1S/C10H15N3O6S2/c1-7(21(11,18)19)6-12-9-4-3-8(20(2,16)17)5-10(9)13(14)15/h3-5,7,12H,6H2,1-2H3,(H2,11,18,19)/t7-/m0/s1. The van der Waals surface area contributed by atoms with Crippen molar-refractivity contribution in [1.82, 2.24) is 0 Å². The maximum Gasteiger partial charge on any atom is 0.293 e. The molecule has 0 heterocycles. The molecule has 0 saturated heterocycles. The summed E-state index contributed by atoms with van der Waals surface area (Å²) in [5.41, 5.74) is -0.442. The minimum atomic E-state index is -3.77. The molecule has 0 aliphatic rings. The molecule has 0 aliphatic heterocycles. The van der Waals surface area contributed by atoms with Crippen LogP contribution in [0.3, 0.4) is 0 Å². The lowest BCUT2D eigenvalue weighted by Gasteiger charge is -2.12. The van der Waals surface area contributed by atoms with Gasteiger partial charge < -0.3 is 5.32 Å². The van der Waals surface area contributed by atoms with E-state index in [0.717, 1.165) is 12.3 Å². The Morgan fingerprint density at radius 3 is 2.33 bits per heavy atom. The van der Waals surface area contributed by atoms with E-state index in [-0.39, 0.29) is 17.1 Å². The highest BCUT2D eigenvalue weighted by molar-refractivity contribution is 7.90. The second-order valence-corrected chi connectivity index (χ2v) is 8.49. The zero-order valence-corrected chi connectivity index (χ0v) is 12.9. The molecule has 1 rings (SSSR count). The van der Waals surface area contributed by atoms with Crippen LogP contribution in [0.25, 0.3) is 0 Å². The molecule has 0 saturated carbocycles. The topological polar surface area (TPSA) is 149 Å². The third-order valence-electron chi connectivity index (χ3n) is 2.73. The fourth-order valence-corrected chi connectivity index (χ4v) is 2.37. The van der Waals surface area contributed by atoms with Crippen molar-refractivity contribution >= 4 is 31.2 Å². The van der Waals surface area contributed by atoms with Gasteiger partial charge in [0.15, 0.2) is 9.84 Å². The summed E-state index contributed by atoms with van der Waals surface area (Å²) in [6.07, 6.45) is 0.933. The lowest BCUT2D eigenvalue weighted by Crippen LogP contribution is -2.31. The Bertz CT molecular complexity index is 757. The molecule has 0 unspecified atom stereocenters. The second-order valence-electron chi connectivity index (χ2n) is 4.49. The molecule has 0 radical (unpaired) electrons. The lowest BCUT2D eigenvalue weighted by molar-refractivity contribution is -0.384. The predicted molar refractivity (Wildman–Crippen MR) is 77.3 cm³/mol. The van der Waals surface area contributed by atoms with Gasteiger partial charge in [0, 0.05) is 18.9 Å². The molecule has 11 heteroatoms. The van der Waals surface area contributed by atoms with E-state index in [1.807, 2.05) is 0 Å². The van der Waals surface area contributed by atoms with Crippen LogP contribution in [0, 0.1) is 10.1 Å². The molecule has 1 atom stereocenters. The highest BCUT2D eigenvalue weighted by Crippen LogP contribution is 2.27. The van der Waals surface area contributed by atoms with Gasteiger partial charge in [0.2, 0.25) is 10.0 Å². The zero-order chi connectivity index (χ0) is 16.4. The van der Waals surface area contributed by atoms with Crippen LogP contribution in [-0.2, 0) is 19.9 Å². The molecule has 0 aromatic heterocycles. The van der Waals surface area contributed by atoms with E-state index in [9.17, 15) is 26.9 Å². The Kier molecular flexibility index (Phi) is 4.91. The number of sulfonamides is 1. The number of hydrogen-bond donors (Lipinski definition) is 2. The monoisotopic (exact) mass is 337 g/mol. The van der Waals surface area contributed by atoms with Gasteiger partial charge in [-0.1, -0.05) is 0 Å². The molecule has 9 nitrogen and oxygen atoms in total. The van der Waals surface area contributed by atoms with Crippen molar-refractivity contribution in [2.75, 3.05) is 18.1 Å². The maximum atomic E-state index is 11.4. The van der Waals surface area contributed by atoms with E-state index in [0.29, 0.717) is 0 Å². The summed E-state index contributed by atoms with van der Waals surface area (Å²) in [5.74, 6) is 0. The quantitative estimate of drug-likeness (QED) is 0.551. The molecular weight excluding hydrogens is 322 g/mol. The molecule has 1 aromatic carbocycles. The van der Waals surface area contributed by atoms with Crippen molar-refractivity contribution in [3.63, 3.8) is 0 Å². The fourth-order valence-electron chi connectivity index (χ4n) is 1.41. The van der Waals surface area contributed by atoms with Gasteiger partial charge in [-0.15, -0.1) is 0 Å². The Morgan fingerprint density at radius 2 is 1.90 bits per heavy atom. The average Bonchev–Trinajstić information content (AvgIpc) is 2.33. The number of anilines is 1. The molecule has 3 N–H and O–H groups in total. The number of sulfone groups is 1. The van der Waals surface area contributed by atoms with Crippen molar-refractivity contribution in [2.45, 2.75) is 17.1 Å². The molecule has 0 bridgehead atoms. The van der Waals surface area contributed by atoms with E-state index in [4.69, 9.17) is 5.14 Å². The number of nitrogens with zero attached hydrogens (tertiary/aromatic N) is 1. The molecule has 0 spiro atoms. The predicted octanol–water partition coefficient (Wildman–Crippen LogP) is 0.0872. The number of primary sulfonamides is 1. The van der Waals surface area contributed by atoms with Crippen LogP contribution in [0.2, 0.25) is 0 Å². The smallest absolute Gasteiger partial charge is 0.293 e. The average molecular weight is 337 g/mol. The third kappa shape index (κ3) is 4.65. The first-order valence-electron chi connectivity index (χ1n) is 5.67. The Labute approximate surface area is 122 Å². The highest BCUT2D eigenvalue weighted by Gasteiger charge is 2.21. The van der Waals surface area contributed by atoms with Crippen molar-refractivity contribution in [3.8, 4) is 0 Å². The van der Waals surface area contributed by atoms with E-state index in [2.05, 4.69) is 5.32 Å². The van der Waals surface area contributed by atoms with Gasteiger partial charge >= 0.3 is 0 Å². The molecule has 0 fully saturated rings. The number of benzene rings is 1. The molecule has 0 amide bonds. The minimum Gasteiger partial charge on any atom is -0.378 e. The van der Waals surface area contributed by atoms with Crippen molar-refractivity contribution in [2.24, 2.45) is 5.14 Å². The van der Waals surface area contributed by atoms with E-state index in [1.54, 1.807) is 0 Å². The highest BCUT2D eigenvalue weighted by atomic mass is 32.2. The number of nitro benzene ring substituents is 1. The Balaban J connectivity index is 3.12. The molecular formula is C10H15N3O6S2. The molecule has 0 aliphatic carbocycles. The normalized spacial score (nSPS) is 13.7. The summed E-state index contributed by atoms with van der Waals surface area (Å²) in [6.45, 7) is 1.21. The van der Waals surface area contributed by atoms with Crippen LogP contribution < -0.4 is 10.5 Å². The first-order valence-corrected chi connectivity index (χ1v) is 9.17. The summed E-state index contributed by atoms with van der Waals surface area (Å²) in [5, 5.41) is 17.5. The Hall–Kier alpha value is -1.72. The van der Waals surface area contributed by atoms with Crippen molar-refractivity contribution in [1.29, 1.82) is 0 Å². The largest absolute Gasteiger partial charge is 0.378 e. The van der Waals surface area contributed by atoms with Gasteiger partial charge in [-0.05, 0) is 19.1 Å². The van der Waals surface area contributed by atoms with Gasteiger partial charge in [0.05, 0.1) is 15.1 Å². The first-order chi connectivity index (χ1) is 9.43. The van der Waals surface area contributed by atoms with Crippen LogP contribution >= 0.6 is 0 Å². The summed E-state index contributed by atoms with van der Waals surface area (Å²) in [7, 11) is -7.34. The Morgan fingerprint density at radius 1 is 1.33 bits per heavy atom. The van der Waals surface area contributed by atoms with Crippen LogP contribution in [0.1, 0.15) is 6.92 Å². The summed E-state index contributed by atoms with van der Waals surface area (Å²) >= 11 is 0. The lowest BCUT2D eigenvalue weighted by atomic mass is 10.2. The minimum absolute atomic E-state index is 0.0166. The number of nitrogens with one attached hydrogen (secondary N) is 1. The second kappa shape index (κ2) is 5.95. The van der Waals surface area contributed by atoms with Crippen LogP contribution in [0.5, 0.6) is 0 Å². The number of hydrogen-bond acceptors (Lipinski definition) is 7. The van der Waals surface area contributed by atoms with Gasteiger partial charge in [-0.2, -0.15) is 0 Å². The van der Waals surface area contributed by atoms with Gasteiger partial charge in [0.25, 0.3) is 5.69 Å². The maximum absolute atomic E-state index is 11.4. The number of rotatable bonds is 6. The van der Waals surface area contributed by atoms with Crippen LogP contribution in [0.15, 0.2) is 23.1 Å². The number of nitro groups is 1. The van der Waals surface area contributed by atoms with Gasteiger partial charge in [-0.25, -0.2) is 22.0 Å². The molecule has 1 aromatic rings. The van der Waals surface area contributed by atoms with Crippen molar-refractivity contribution in [3.05, 3.63) is 28.3 Å². The zero-order valence-electron chi connectivity index (χ0n) is 11.3. The summed E-state index contributed by atoms with van der Waals surface area (Å²) < 4.78 is 44.9. The third-order valence-corrected chi connectivity index (χ3v) is 5.13. The SMILES string of the molecule is C[C@@H](CNc1ccc(S(C)(=O)=O)cc1[N+](=O)[O-])S(N)(=O)=O. The van der Waals surface area contributed by atoms with E-state index < -0.39 is 35.7 Å². The molecule has 21 heavy (non-hydrogen) atoms. The van der Waals surface area contributed by atoms with E-state index >= 15 is 0 Å². The summed E-state index contributed by atoms with van der Waals surface area (Å²) in [4.78, 5) is 10.0. The first kappa shape index (κ1) is 17.3. The molecule has 118 valence electrons. The van der Waals surface area contributed by atoms with Gasteiger partial charge in [-0.3, -0.25) is 10.1 Å². The van der Waals surface area contributed by atoms with Crippen molar-refractivity contribution < 1.29 is 21.8 Å². The fraction of sp³-hybridized carbons (Fsp3) is 0.400.